The van der Waals surface area contributed by atoms with Crippen molar-refractivity contribution in [1.82, 2.24) is 29.9 Å². The maximum Gasteiger partial charge on any atom is 0.281 e. The summed E-state index contributed by atoms with van der Waals surface area (Å²) >= 11 is 0. The lowest BCUT2D eigenvalue weighted by atomic mass is 9.93. The van der Waals surface area contributed by atoms with Crippen LogP contribution in [0.2, 0.25) is 0 Å². The van der Waals surface area contributed by atoms with E-state index in [0.717, 1.165) is 29.5 Å². The van der Waals surface area contributed by atoms with Gasteiger partial charge in [0.15, 0.2) is 11.2 Å². The molecule has 1 saturated heterocycles. The third kappa shape index (κ3) is 4.67. The van der Waals surface area contributed by atoms with E-state index >= 15 is 0 Å². The summed E-state index contributed by atoms with van der Waals surface area (Å²) < 4.78 is 1.71. The Hall–Kier alpha value is -3.81. The number of aromatic amines is 1. The number of nitrogens with one attached hydrogen (secondary N) is 1. The van der Waals surface area contributed by atoms with Crippen molar-refractivity contribution in [2.24, 2.45) is 0 Å². The molecule has 186 valence electrons. The van der Waals surface area contributed by atoms with Crippen molar-refractivity contribution in [3.63, 3.8) is 0 Å². The number of H-pyrrole nitrogens is 1. The minimum Gasteiger partial charge on any atom is -0.342 e. The number of carbonyl (C=O) groups excluding carboxylic acids is 1. The van der Waals surface area contributed by atoms with Gasteiger partial charge >= 0.3 is 0 Å². The number of carbonyl (C=O) groups is 1. The number of rotatable bonds is 5. The molecule has 2 aromatic carbocycles. The molecule has 1 aliphatic heterocycles. The van der Waals surface area contributed by atoms with Crippen molar-refractivity contribution in [1.29, 1.82) is 0 Å². The van der Waals surface area contributed by atoms with Gasteiger partial charge in [0.1, 0.15) is 5.82 Å². The summed E-state index contributed by atoms with van der Waals surface area (Å²) in [6.07, 6.45) is 1.50. The standard InChI is InChI=1S/C28H32N6O2/c1-17-6-9-21(10-7-17)20(4)28(36)33-13-11-22(12-14-33)25-29-26-24(27(35)30-25)31-32-34(26)16-23-15-18(2)5-8-19(23)3/h5-10,15,20,22H,11-14,16H2,1-4H3,(H,29,30,35). The third-order valence-corrected chi connectivity index (χ3v) is 7.36. The molecule has 0 spiro atoms. The molecule has 0 saturated carbocycles. The van der Waals surface area contributed by atoms with E-state index in [1.807, 2.05) is 43.0 Å². The van der Waals surface area contributed by atoms with Crippen LogP contribution in [0.5, 0.6) is 0 Å². The molecule has 3 heterocycles. The van der Waals surface area contributed by atoms with Crippen LogP contribution in [0.15, 0.2) is 47.3 Å². The Bertz CT molecular complexity index is 1460. The molecule has 4 aromatic rings. The van der Waals surface area contributed by atoms with Gasteiger partial charge in [-0.3, -0.25) is 9.59 Å². The maximum absolute atomic E-state index is 13.1. The maximum atomic E-state index is 13.1. The van der Waals surface area contributed by atoms with E-state index in [2.05, 4.69) is 47.3 Å². The number of likely N-dealkylation sites (tertiary alicyclic amines) is 1. The highest BCUT2D eigenvalue weighted by Crippen LogP contribution is 2.28. The predicted octanol–water partition coefficient (Wildman–Crippen LogP) is 4.00. The fraction of sp³-hybridized carbons (Fsp3) is 0.393. The second-order valence-corrected chi connectivity index (χ2v) is 10.0. The minimum absolute atomic E-state index is 0.0740. The molecule has 1 fully saturated rings. The highest BCUT2D eigenvalue weighted by molar-refractivity contribution is 5.83. The normalized spacial score (nSPS) is 15.4. The predicted molar refractivity (Wildman–Crippen MR) is 139 cm³/mol. The first-order chi connectivity index (χ1) is 17.3. The molecule has 36 heavy (non-hydrogen) atoms. The summed E-state index contributed by atoms with van der Waals surface area (Å²) in [5, 5.41) is 8.32. The van der Waals surface area contributed by atoms with E-state index in [-0.39, 0.29) is 28.8 Å². The Morgan fingerprint density at radius 1 is 1.06 bits per heavy atom. The second-order valence-electron chi connectivity index (χ2n) is 10.0. The monoisotopic (exact) mass is 484 g/mol. The molecule has 1 aliphatic rings. The Morgan fingerprint density at radius 3 is 2.47 bits per heavy atom. The molecule has 2 aromatic heterocycles. The molecular formula is C28H32N6O2. The quantitative estimate of drug-likeness (QED) is 0.462. The van der Waals surface area contributed by atoms with E-state index < -0.39 is 0 Å². The van der Waals surface area contributed by atoms with Gasteiger partial charge in [0.25, 0.3) is 5.56 Å². The van der Waals surface area contributed by atoms with Crippen LogP contribution in [-0.4, -0.2) is 48.9 Å². The van der Waals surface area contributed by atoms with Gasteiger partial charge in [-0.1, -0.05) is 58.8 Å². The smallest absolute Gasteiger partial charge is 0.281 e. The largest absolute Gasteiger partial charge is 0.342 e. The number of aryl methyl sites for hydroxylation is 3. The second kappa shape index (κ2) is 9.68. The number of nitrogens with zero attached hydrogens (tertiary/aromatic N) is 5. The van der Waals surface area contributed by atoms with Crippen molar-refractivity contribution < 1.29 is 4.79 Å². The first-order valence-electron chi connectivity index (χ1n) is 12.5. The molecule has 0 radical (unpaired) electrons. The average molecular weight is 485 g/mol. The van der Waals surface area contributed by atoms with Crippen LogP contribution in [0.25, 0.3) is 11.2 Å². The fourth-order valence-electron chi connectivity index (χ4n) is 4.96. The number of amides is 1. The zero-order chi connectivity index (χ0) is 25.4. The summed E-state index contributed by atoms with van der Waals surface area (Å²) in [5.74, 6) is 0.688. The lowest BCUT2D eigenvalue weighted by Crippen LogP contribution is -2.40. The molecule has 1 unspecified atom stereocenters. The summed E-state index contributed by atoms with van der Waals surface area (Å²) in [7, 11) is 0. The Morgan fingerprint density at radius 2 is 1.75 bits per heavy atom. The highest BCUT2D eigenvalue weighted by Gasteiger charge is 2.29. The lowest BCUT2D eigenvalue weighted by Gasteiger charge is -2.33. The van der Waals surface area contributed by atoms with Crippen LogP contribution in [0.3, 0.4) is 0 Å². The lowest BCUT2D eigenvalue weighted by molar-refractivity contribution is -0.133. The van der Waals surface area contributed by atoms with Gasteiger partial charge < -0.3 is 9.88 Å². The molecule has 0 aliphatic carbocycles. The Balaban J connectivity index is 1.32. The van der Waals surface area contributed by atoms with E-state index in [4.69, 9.17) is 4.98 Å². The van der Waals surface area contributed by atoms with Gasteiger partial charge in [0.2, 0.25) is 5.91 Å². The van der Waals surface area contributed by atoms with E-state index in [1.165, 1.54) is 11.1 Å². The summed E-state index contributed by atoms with van der Waals surface area (Å²) in [6, 6.07) is 14.4. The topological polar surface area (TPSA) is 96.8 Å². The van der Waals surface area contributed by atoms with Crippen molar-refractivity contribution in [2.75, 3.05) is 13.1 Å². The molecule has 1 N–H and O–H groups in total. The van der Waals surface area contributed by atoms with Crippen LogP contribution in [-0.2, 0) is 11.3 Å². The van der Waals surface area contributed by atoms with Gasteiger partial charge in [-0.25, -0.2) is 9.67 Å². The highest BCUT2D eigenvalue weighted by atomic mass is 16.2. The van der Waals surface area contributed by atoms with Gasteiger partial charge in [-0.2, -0.15) is 0 Å². The van der Waals surface area contributed by atoms with Crippen LogP contribution in [0, 0.1) is 20.8 Å². The van der Waals surface area contributed by atoms with Gasteiger partial charge in [0, 0.05) is 19.0 Å². The molecule has 8 nitrogen and oxygen atoms in total. The number of piperidine rings is 1. The van der Waals surface area contributed by atoms with Crippen molar-refractivity contribution in [3.8, 4) is 0 Å². The van der Waals surface area contributed by atoms with Crippen molar-refractivity contribution in [3.05, 3.63) is 86.5 Å². The number of fused-ring (bicyclic) bond motifs is 1. The van der Waals surface area contributed by atoms with E-state index in [1.54, 1.807) is 4.68 Å². The molecule has 5 rings (SSSR count). The minimum atomic E-state index is -0.270. The number of aromatic nitrogens is 5. The summed E-state index contributed by atoms with van der Waals surface area (Å²) in [6.45, 7) is 9.92. The average Bonchev–Trinajstić information content (AvgIpc) is 3.29. The molecule has 1 amide bonds. The van der Waals surface area contributed by atoms with Gasteiger partial charge in [0.05, 0.1) is 12.5 Å². The molecule has 8 heteroatoms. The zero-order valence-electron chi connectivity index (χ0n) is 21.3. The van der Waals surface area contributed by atoms with Crippen LogP contribution >= 0.6 is 0 Å². The van der Waals surface area contributed by atoms with E-state index in [9.17, 15) is 9.59 Å². The SMILES string of the molecule is Cc1ccc(C(C)C(=O)N2CCC(c3nc4c(nnn4Cc4cc(C)ccc4C)c(=O)[nH]3)CC2)cc1. The summed E-state index contributed by atoms with van der Waals surface area (Å²) in [4.78, 5) is 35.6. The first-order valence-corrected chi connectivity index (χ1v) is 12.5. The molecule has 1 atom stereocenters. The number of benzene rings is 2. The van der Waals surface area contributed by atoms with Crippen LogP contribution in [0.4, 0.5) is 0 Å². The molecule has 0 bridgehead atoms. The fourth-order valence-corrected chi connectivity index (χ4v) is 4.96. The van der Waals surface area contributed by atoms with Gasteiger partial charge in [-0.05, 0) is 57.2 Å². The third-order valence-electron chi connectivity index (χ3n) is 7.36. The first kappa shape index (κ1) is 23.9. The Kier molecular flexibility index (Phi) is 6.43. The Labute approximate surface area is 210 Å². The summed E-state index contributed by atoms with van der Waals surface area (Å²) in [5.41, 5.74) is 6.16. The zero-order valence-corrected chi connectivity index (χ0v) is 21.3. The molecular weight excluding hydrogens is 452 g/mol. The van der Waals surface area contributed by atoms with Crippen molar-refractivity contribution in [2.45, 2.75) is 58.9 Å². The van der Waals surface area contributed by atoms with Gasteiger partial charge in [-0.15, -0.1) is 5.10 Å². The van der Waals surface area contributed by atoms with Crippen LogP contribution in [0.1, 0.15) is 65.2 Å². The van der Waals surface area contributed by atoms with E-state index in [0.29, 0.717) is 31.1 Å². The number of hydrogen-bond donors (Lipinski definition) is 1. The van der Waals surface area contributed by atoms with Crippen LogP contribution < -0.4 is 5.56 Å². The number of hydrogen-bond acceptors (Lipinski definition) is 5. The van der Waals surface area contributed by atoms with Crippen molar-refractivity contribution >= 4 is 17.1 Å².